The molecular weight excluding hydrogens is 563 g/mol. The maximum absolute atomic E-state index is 12.8. The Morgan fingerprint density at radius 3 is 2.54 bits per heavy atom. The number of nitrogens with one attached hydrogen (secondary N) is 2. The molecule has 208 valence electrons. The monoisotopic (exact) mass is 584 g/mol. The predicted molar refractivity (Wildman–Crippen MR) is 130 cm³/mol. The summed E-state index contributed by atoms with van der Waals surface area (Å²) in [6.45, 7) is 1.75. The van der Waals surface area contributed by atoms with Gasteiger partial charge in [-0.1, -0.05) is 12.1 Å². The van der Waals surface area contributed by atoms with Crippen LogP contribution in [0.5, 0.6) is 11.5 Å². The number of hydrogen-bond acceptors (Lipinski definition) is 8. The minimum atomic E-state index is -5.08. The molecule has 0 radical (unpaired) electrons. The minimum Gasteiger partial charge on any atom is -0.766 e. The maximum Gasteiger partial charge on any atom is 0.458 e. The van der Waals surface area contributed by atoms with Gasteiger partial charge in [-0.25, -0.2) is 18.1 Å². The minimum absolute atomic E-state index is 0.00172. The van der Waals surface area contributed by atoms with Crippen molar-refractivity contribution in [3.8, 4) is 17.6 Å². The molecule has 1 aromatic heterocycles. The standard InChI is InChI=1S/C22H21N5O4S.CHF3O2S/c1-22(20-13-24-14-27(20)2)16-7-6-15(12-23)19(10-16)31-17-4-3-5-18(11-17)32(29,30)25-9-8-21(28)26-22;2-1(3,4)7(5)6/h3-7,10-11,13-14,25H,8-9H2,1-2H3,(H,26,28);(H,5,6)/p-1. The maximum atomic E-state index is 12.8. The van der Waals surface area contributed by atoms with Gasteiger partial charge >= 0.3 is 5.51 Å². The second-order valence-corrected chi connectivity index (χ2v) is 11.0. The average molecular weight is 585 g/mol. The number of nitriles is 1. The van der Waals surface area contributed by atoms with E-state index in [2.05, 4.69) is 21.1 Å². The van der Waals surface area contributed by atoms with E-state index in [-0.39, 0.29) is 40.8 Å². The molecule has 2 atom stereocenters. The average Bonchev–Trinajstić information content (AvgIpc) is 3.30. The quantitative estimate of drug-likeness (QED) is 0.412. The van der Waals surface area contributed by atoms with Crippen molar-refractivity contribution in [1.82, 2.24) is 19.6 Å². The van der Waals surface area contributed by atoms with Crippen LogP contribution in [0.1, 0.15) is 30.2 Å². The highest BCUT2D eigenvalue weighted by Gasteiger charge is 2.34. The number of nitrogens with zero attached hydrogens (tertiary/aromatic N) is 3. The molecule has 0 aliphatic carbocycles. The van der Waals surface area contributed by atoms with Crippen molar-refractivity contribution < 1.29 is 39.9 Å². The van der Waals surface area contributed by atoms with Crippen molar-refractivity contribution in [2.45, 2.75) is 29.3 Å². The zero-order valence-electron chi connectivity index (χ0n) is 20.4. The number of fused-ring (bicyclic) bond motifs is 4. The number of imidazole rings is 1. The Kier molecular flexibility index (Phi) is 8.80. The first-order valence-corrected chi connectivity index (χ1v) is 13.5. The molecule has 16 heteroatoms. The van der Waals surface area contributed by atoms with Gasteiger partial charge in [0.2, 0.25) is 15.9 Å². The van der Waals surface area contributed by atoms with E-state index in [1.807, 2.05) is 14.0 Å². The van der Waals surface area contributed by atoms with Gasteiger partial charge in [0.15, 0.2) is 0 Å². The number of carbonyl (C=O) groups is 1. The van der Waals surface area contributed by atoms with Gasteiger partial charge in [-0.3, -0.25) is 9.00 Å². The van der Waals surface area contributed by atoms with E-state index >= 15 is 0 Å². The molecule has 11 nitrogen and oxygen atoms in total. The molecule has 0 saturated carbocycles. The summed E-state index contributed by atoms with van der Waals surface area (Å²) < 4.78 is 84.9. The Morgan fingerprint density at radius 1 is 1.26 bits per heavy atom. The van der Waals surface area contributed by atoms with Crippen LogP contribution < -0.4 is 14.8 Å². The fourth-order valence-corrected chi connectivity index (χ4v) is 4.76. The lowest BCUT2D eigenvalue weighted by atomic mass is 9.87. The van der Waals surface area contributed by atoms with E-state index in [0.717, 1.165) is 0 Å². The number of rotatable bonds is 1. The number of amides is 1. The lowest BCUT2D eigenvalue weighted by Gasteiger charge is -2.32. The number of benzene rings is 2. The lowest BCUT2D eigenvalue weighted by molar-refractivity contribution is -0.122. The zero-order valence-corrected chi connectivity index (χ0v) is 22.0. The van der Waals surface area contributed by atoms with Crippen LogP contribution in [0.2, 0.25) is 0 Å². The van der Waals surface area contributed by atoms with Crippen LogP contribution in [0.4, 0.5) is 13.2 Å². The Balaban J connectivity index is 0.000000532. The third-order valence-corrected chi connectivity index (χ3v) is 7.41. The summed E-state index contributed by atoms with van der Waals surface area (Å²) in [6, 6.07) is 13.1. The van der Waals surface area contributed by atoms with Gasteiger partial charge in [-0.05, 0) is 36.8 Å². The van der Waals surface area contributed by atoms with E-state index < -0.39 is 32.2 Å². The third-order valence-electron chi connectivity index (χ3n) is 5.57. The van der Waals surface area contributed by atoms with E-state index in [9.17, 15) is 31.6 Å². The summed E-state index contributed by atoms with van der Waals surface area (Å²) in [5.41, 5.74) is -4.45. The van der Waals surface area contributed by atoms with Crippen LogP contribution in [-0.4, -0.2) is 44.7 Å². The first-order chi connectivity index (χ1) is 18.2. The summed E-state index contributed by atoms with van der Waals surface area (Å²) in [6.07, 6.45) is 3.21. The topological polar surface area (TPSA) is 166 Å². The van der Waals surface area contributed by atoms with Crippen LogP contribution >= 0.6 is 0 Å². The van der Waals surface area contributed by atoms with Crippen molar-refractivity contribution in [3.63, 3.8) is 0 Å². The fraction of sp³-hybridized carbons (Fsp3) is 0.261. The molecule has 1 amide bonds. The second kappa shape index (κ2) is 11.5. The number of ether oxygens (including phenoxy) is 1. The summed E-state index contributed by atoms with van der Waals surface area (Å²) in [5, 5.41) is 12.6. The Bertz CT molecular complexity index is 1550. The number of aryl methyl sites for hydroxylation is 1. The molecule has 2 aromatic carbocycles. The SMILES string of the molecule is Cn1cncc1C1(C)NC(=O)CCNS(=O)(=O)c2cccc(c2)Oc2cc1ccc2C#N.O=S([O-])C(F)(F)F. The van der Waals surface area contributed by atoms with Crippen molar-refractivity contribution in [3.05, 3.63) is 71.8 Å². The molecule has 1 aliphatic rings. The van der Waals surface area contributed by atoms with Crippen LogP contribution in [0, 0.1) is 11.3 Å². The largest absolute Gasteiger partial charge is 0.766 e. The molecule has 0 fully saturated rings. The van der Waals surface area contributed by atoms with Gasteiger partial charge in [0.05, 0.1) is 39.8 Å². The van der Waals surface area contributed by atoms with Crippen molar-refractivity contribution >= 4 is 27.0 Å². The molecule has 0 saturated heterocycles. The Labute approximate surface area is 224 Å². The number of carbonyl (C=O) groups excluding carboxylic acids is 1. The number of sulfonamides is 1. The van der Waals surface area contributed by atoms with Crippen molar-refractivity contribution in [1.29, 1.82) is 5.26 Å². The van der Waals surface area contributed by atoms with E-state index in [1.165, 1.54) is 12.1 Å². The van der Waals surface area contributed by atoms with Crippen molar-refractivity contribution in [2.24, 2.45) is 7.05 Å². The van der Waals surface area contributed by atoms with Gasteiger partial charge in [-0.2, -0.15) is 18.4 Å². The molecule has 39 heavy (non-hydrogen) atoms. The van der Waals surface area contributed by atoms with Gasteiger partial charge in [-0.15, -0.1) is 0 Å². The van der Waals surface area contributed by atoms with Crippen LogP contribution in [0.3, 0.4) is 0 Å². The number of alkyl halides is 3. The molecule has 2 N–H and O–H groups in total. The summed E-state index contributed by atoms with van der Waals surface area (Å²) >= 11 is -3.93. The molecule has 0 spiro atoms. The fourth-order valence-electron chi connectivity index (χ4n) is 3.69. The van der Waals surface area contributed by atoms with Crippen LogP contribution in [-0.2, 0) is 38.5 Å². The first kappa shape index (κ1) is 29.8. The van der Waals surface area contributed by atoms with Gasteiger partial charge in [0.1, 0.15) is 23.1 Å². The highest BCUT2D eigenvalue weighted by Crippen LogP contribution is 2.35. The van der Waals surface area contributed by atoms with E-state index in [0.29, 0.717) is 11.3 Å². The van der Waals surface area contributed by atoms with E-state index in [4.69, 9.17) is 13.5 Å². The van der Waals surface area contributed by atoms with E-state index in [1.54, 1.807) is 47.4 Å². The third kappa shape index (κ3) is 7.00. The molecule has 1 aliphatic heterocycles. The molecule has 4 bridgehead atoms. The van der Waals surface area contributed by atoms with Crippen molar-refractivity contribution in [2.75, 3.05) is 6.54 Å². The zero-order chi connectivity index (χ0) is 29.0. The molecular formula is C23H21F3N5O6S2-. The molecule has 3 aromatic rings. The summed E-state index contributed by atoms with van der Waals surface area (Å²) in [7, 11) is -2.04. The normalized spacial score (nSPS) is 19.7. The molecule has 4 rings (SSSR count). The first-order valence-electron chi connectivity index (χ1n) is 10.9. The Morgan fingerprint density at radius 2 is 1.95 bits per heavy atom. The molecule has 2 unspecified atom stereocenters. The predicted octanol–water partition coefficient (Wildman–Crippen LogP) is 2.53. The molecule has 2 heterocycles. The lowest BCUT2D eigenvalue weighted by Crippen LogP contribution is -2.46. The van der Waals surface area contributed by atoms with Crippen LogP contribution in [0.15, 0.2) is 59.9 Å². The highest BCUT2D eigenvalue weighted by atomic mass is 32.2. The summed E-state index contributed by atoms with van der Waals surface area (Å²) in [5.74, 6) is 0.158. The number of halogens is 3. The smallest absolute Gasteiger partial charge is 0.458 e. The Hall–Kier alpha value is -3.78. The van der Waals surface area contributed by atoms with Gasteiger partial charge in [0.25, 0.3) is 0 Å². The second-order valence-electron chi connectivity index (χ2n) is 8.29. The summed E-state index contributed by atoms with van der Waals surface area (Å²) in [4.78, 5) is 17.0. The van der Waals surface area contributed by atoms with Gasteiger partial charge < -0.3 is 19.2 Å². The van der Waals surface area contributed by atoms with Crippen LogP contribution in [0.25, 0.3) is 0 Å². The van der Waals surface area contributed by atoms with Gasteiger partial charge in [0, 0.05) is 26.1 Å². The number of hydrogen-bond donors (Lipinski definition) is 2. The highest BCUT2D eigenvalue weighted by molar-refractivity contribution is 7.89. The number of aromatic nitrogens is 2.